The molecular formula is C107H76B2N6. The monoisotopic (exact) mass is 1470 g/mol. The number of rotatable bonds is 10. The van der Waals surface area contributed by atoms with Crippen molar-refractivity contribution in [1.82, 2.24) is 0 Å². The topological polar surface area (TPSA) is 19.4 Å². The van der Waals surface area contributed by atoms with Crippen molar-refractivity contribution >= 4 is 149 Å². The van der Waals surface area contributed by atoms with Crippen LogP contribution in [0.2, 0.25) is 0 Å². The van der Waals surface area contributed by atoms with Gasteiger partial charge >= 0.3 is 0 Å². The van der Waals surface area contributed by atoms with Crippen LogP contribution in [0, 0.1) is 0 Å². The van der Waals surface area contributed by atoms with Gasteiger partial charge in [0.15, 0.2) is 0 Å². The molecule has 0 aromatic heterocycles. The van der Waals surface area contributed by atoms with Crippen molar-refractivity contribution in [3.8, 4) is 33.4 Å². The lowest BCUT2D eigenvalue weighted by molar-refractivity contribution is 0.590. The summed E-state index contributed by atoms with van der Waals surface area (Å²) in [6.45, 7) is 6.63. The Hall–Kier alpha value is -14.3. The predicted octanol–water partition coefficient (Wildman–Crippen LogP) is 24.1. The number of anilines is 18. The Bertz CT molecular complexity index is 6710. The van der Waals surface area contributed by atoms with Crippen molar-refractivity contribution in [2.45, 2.75) is 31.6 Å². The number of hydrogen-bond acceptors (Lipinski definition) is 6. The molecule has 540 valence electrons. The van der Waals surface area contributed by atoms with Gasteiger partial charge in [-0.3, -0.25) is 0 Å². The second-order valence-corrected chi connectivity index (χ2v) is 32.2. The maximum atomic E-state index is 2.71. The Morgan fingerprint density at radius 1 is 0.235 bits per heavy atom. The minimum absolute atomic E-state index is 0.174. The summed E-state index contributed by atoms with van der Waals surface area (Å²) in [5, 5.41) is 0. The standard InChI is InChI=1S/C107H76B2N6/c1-106(2,3)73-63-100-104-101(64-73)113(77-47-21-9-22-48-77)98-69-96-86(67-90(98)108(104)88-57-31-35-61-94(88)111(100)75-43-17-7-18-44-75)107(84-55-29-25-53-82(84)83-54-26-30-56-85(83)107)87-68-91-99(70-97(87)112(96)76-45-19-8-20-46-76)114(78-49-23-10-24-50-78)102-65-79(110(74-41-15-6-16-42-74)92-59-33-27-51-80(92)71-37-11-4-12-38-71)66-103-105(102)109(91)89-58-32-36-62-95(89)115(103)93-60-34-28-52-81(93)72-39-13-5-14-40-72/h4-70H,1-3H3. The zero-order valence-corrected chi connectivity index (χ0v) is 64.0. The van der Waals surface area contributed by atoms with E-state index in [0.29, 0.717) is 0 Å². The van der Waals surface area contributed by atoms with Gasteiger partial charge in [0.05, 0.1) is 33.9 Å². The molecule has 0 fully saturated rings. The molecule has 5 heterocycles. The largest absolute Gasteiger partial charge is 0.311 e. The first-order chi connectivity index (χ1) is 56.8. The molecule has 0 saturated heterocycles. The molecule has 23 rings (SSSR count). The molecule has 1 spiro atoms. The third-order valence-electron chi connectivity index (χ3n) is 25.1. The maximum Gasteiger partial charge on any atom is 0.252 e. The van der Waals surface area contributed by atoms with E-state index >= 15 is 0 Å². The van der Waals surface area contributed by atoms with Crippen molar-refractivity contribution in [3.63, 3.8) is 0 Å². The lowest BCUT2D eigenvalue weighted by Gasteiger charge is -2.50. The van der Waals surface area contributed by atoms with Crippen LogP contribution < -0.4 is 62.2 Å². The molecule has 0 radical (unpaired) electrons. The van der Waals surface area contributed by atoms with Crippen LogP contribution in [-0.2, 0) is 10.8 Å². The van der Waals surface area contributed by atoms with Crippen LogP contribution in [0.4, 0.5) is 102 Å². The molecule has 0 N–H and O–H groups in total. The van der Waals surface area contributed by atoms with Gasteiger partial charge in [-0.2, -0.15) is 0 Å². The zero-order chi connectivity index (χ0) is 76.2. The van der Waals surface area contributed by atoms with Crippen molar-refractivity contribution in [3.05, 3.63) is 434 Å². The summed E-state index contributed by atoms with van der Waals surface area (Å²) in [4.78, 5) is 15.5. The minimum Gasteiger partial charge on any atom is -0.311 e. The Morgan fingerprint density at radius 2 is 0.574 bits per heavy atom. The van der Waals surface area contributed by atoms with Crippen LogP contribution in [0.5, 0.6) is 0 Å². The molecule has 6 nitrogen and oxygen atoms in total. The van der Waals surface area contributed by atoms with E-state index in [1.165, 1.54) is 88.8 Å². The highest BCUT2D eigenvalue weighted by Crippen LogP contribution is 2.66. The summed E-state index contributed by atoms with van der Waals surface area (Å²) < 4.78 is 0. The van der Waals surface area contributed by atoms with Gasteiger partial charge < -0.3 is 29.4 Å². The SMILES string of the molecule is CC(C)(C)c1cc2c3c(c1)N(c1ccccc1)c1cc4c(cc1B3c1ccccc1N2c1ccccc1)C1(c2ccccc2-c2ccccc21)c1cc2c(cc1N4c1ccccc1)N(c1ccccc1)c1cc(N(c3ccccc3)c3ccccc3-c3ccccc3)cc3c1B2c1ccccc1N3c1ccccc1-c1ccccc1. The molecular weight excluding hydrogens is 1390 g/mol. The molecule has 5 aliphatic heterocycles. The van der Waals surface area contributed by atoms with Crippen molar-refractivity contribution in [2.24, 2.45) is 0 Å². The number of nitrogens with zero attached hydrogens (tertiary/aromatic N) is 6. The van der Waals surface area contributed by atoms with Gasteiger partial charge in [0, 0.05) is 85.1 Å². The maximum absolute atomic E-state index is 2.71. The Morgan fingerprint density at radius 3 is 1.04 bits per heavy atom. The van der Waals surface area contributed by atoms with Crippen LogP contribution in [0.25, 0.3) is 33.4 Å². The van der Waals surface area contributed by atoms with Gasteiger partial charge in [-0.05, 0) is 210 Å². The quantitative estimate of drug-likeness (QED) is 0.126. The summed E-state index contributed by atoms with van der Waals surface area (Å²) in [6.07, 6.45) is 0. The second-order valence-electron chi connectivity index (χ2n) is 32.2. The van der Waals surface area contributed by atoms with Gasteiger partial charge in [0.2, 0.25) is 0 Å². The van der Waals surface area contributed by atoms with E-state index in [1.807, 2.05) is 0 Å². The molecule has 17 aromatic carbocycles. The van der Waals surface area contributed by atoms with E-state index in [0.717, 1.165) is 108 Å². The highest BCUT2D eigenvalue weighted by molar-refractivity contribution is 7.01. The van der Waals surface area contributed by atoms with E-state index in [2.05, 4.69) is 457 Å². The fourth-order valence-electron chi connectivity index (χ4n) is 20.3. The molecule has 6 aliphatic rings. The van der Waals surface area contributed by atoms with E-state index in [4.69, 9.17) is 0 Å². The fraction of sp³-hybridized carbons (Fsp3) is 0.0467. The van der Waals surface area contributed by atoms with Crippen LogP contribution in [0.15, 0.2) is 406 Å². The molecule has 0 saturated carbocycles. The Labute approximate surface area is 672 Å². The first-order valence-electron chi connectivity index (χ1n) is 40.2. The predicted molar refractivity (Wildman–Crippen MR) is 484 cm³/mol. The first-order valence-corrected chi connectivity index (χ1v) is 40.2. The fourth-order valence-corrected chi connectivity index (χ4v) is 20.3. The van der Waals surface area contributed by atoms with E-state index < -0.39 is 5.41 Å². The first kappa shape index (κ1) is 66.5. The average Bonchev–Trinajstić information content (AvgIpc) is 1.54. The Kier molecular flexibility index (Phi) is 15.0. The molecule has 17 aromatic rings. The van der Waals surface area contributed by atoms with Gasteiger partial charge in [-0.25, -0.2) is 0 Å². The van der Waals surface area contributed by atoms with Crippen molar-refractivity contribution in [1.29, 1.82) is 0 Å². The van der Waals surface area contributed by atoms with Gasteiger partial charge in [-0.1, -0.05) is 306 Å². The van der Waals surface area contributed by atoms with Gasteiger partial charge in [-0.15, -0.1) is 0 Å². The summed E-state index contributed by atoms with van der Waals surface area (Å²) in [5.74, 6) is 0. The highest BCUT2D eigenvalue weighted by atomic mass is 15.2. The molecule has 115 heavy (non-hydrogen) atoms. The number of para-hydroxylation sites is 9. The molecule has 8 heteroatoms. The third kappa shape index (κ3) is 9.91. The normalized spacial score (nSPS) is 13.8. The molecule has 0 amide bonds. The lowest BCUT2D eigenvalue weighted by Crippen LogP contribution is -2.62. The highest BCUT2D eigenvalue weighted by Gasteiger charge is 2.56. The van der Waals surface area contributed by atoms with Crippen molar-refractivity contribution < 1.29 is 0 Å². The van der Waals surface area contributed by atoms with E-state index in [9.17, 15) is 0 Å². The summed E-state index contributed by atoms with van der Waals surface area (Å²) in [7, 11) is 0. The summed E-state index contributed by atoms with van der Waals surface area (Å²) in [5.41, 5.74) is 39.7. The van der Waals surface area contributed by atoms with Crippen LogP contribution in [0.3, 0.4) is 0 Å². The van der Waals surface area contributed by atoms with E-state index in [1.54, 1.807) is 0 Å². The molecule has 0 unspecified atom stereocenters. The third-order valence-corrected chi connectivity index (χ3v) is 25.1. The minimum atomic E-state index is -0.893. The second kappa shape index (κ2) is 25.9. The molecule has 0 atom stereocenters. The van der Waals surface area contributed by atoms with Gasteiger partial charge in [0.1, 0.15) is 0 Å². The molecule has 0 bridgehead atoms. The summed E-state index contributed by atoms with van der Waals surface area (Å²) >= 11 is 0. The number of fused-ring (bicyclic) bond motifs is 17. The number of hydrogen-bond donors (Lipinski definition) is 0. The Balaban J connectivity index is 0.861. The van der Waals surface area contributed by atoms with E-state index in [-0.39, 0.29) is 18.8 Å². The lowest BCUT2D eigenvalue weighted by atomic mass is 9.32. The zero-order valence-electron chi connectivity index (χ0n) is 64.0. The molecule has 1 aliphatic carbocycles. The number of benzene rings is 17. The van der Waals surface area contributed by atoms with Crippen molar-refractivity contribution in [2.75, 3.05) is 29.4 Å². The smallest absolute Gasteiger partial charge is 0.252 e. The van der Waals surface area contributed by atoms with Crippen LogP contribution >= 0.6 is 0 Å². The average molecular weight is 1470 g/mol. The van der Waals surface area contributed by atoms with Crippen LogP contribution in [-0.4, -0.2) is 13.4 Å². The summed E-state index contributed by atoms with van der Waals surface area (Å²) in [6, 6.07) is 154. The van der Waals surface area contributed by atoms with Crippen LogP contribution in [0.1, 0.15) is 48.6 Å². The van der Waals surface area contributed by atoms with Gasteiger partial charge in [0.25, 0.3) is 13.4 Å².